The van der Waals surface area contributed by atoms with E-state index >= 15 is 0 Å². The van der Waals surface area contributed by atoms with Crippen LogP contribution >= 0.6 is 31.9 Å². The molecule has 0 saturated carbocycles. The largest absolute Gasteiger partial charge is 0.423 e. The minimum Gasteiger partial charge on any atom is -0.423 e. The molecule has 0 unspecified atom stereocenters. The Labute approximate surface area is 198 Å². The topological polar surface area (TPSA) is 72.0 Å². The summed E-state index contributed by atoms with van der Waals surface area (Å²) in [5.74, 6) is 0. The third kappa shape index (κ3) is 4.80. The van der Waals surface area contributed by atoms with Gasteiger partial charge < -0.3 is 9.32 Å². The van der Waals surface area contributed by atoms with Crippen LogP contribution in [0.4, 0.5) is 0 Å². The molecule has 2 aromatic carbocycles. The van der Waals surface area contributed by atoms with Gasteiger partial charge in [0.25, 0.3) is 0 Å². The van der Waals surface area contributed by atoms with Gasteiger partial charge in [0.15, 0.2) is 0 Å². The van der Waals surface area contributed by atoms with Crippen molar-refractivity contribution in [1.82, 2.24) is 4.31 Å². The zero-order chi connectivity index (χ0) is 22.2. The van der Waals surface area contributed by atoms with Crippen molar-refractivity contribution in [2.24, 2.45) is 0 Å². The van der Waals surface area contributed by atoms with Crippen LogP contribution < -0.4 is 10.5 Å². The molecule has 1 N–H and O–H groups in total. The Kier molecular flexibility index (Phi) is 6.69. The van der Waals surface area contributed by atoms with Crippen LogP contribution in [0.2, 0.25) is 0 Å². The van der Waals surface area contributed by atoms with E-state index in [0.717, 1.165) is 27.4 Å². The van der Waals surface area contributed by atoms with Crippen molar-refractivity contribution in [3.8, 4) is 0 Å². The molecule has 9 heteroatoms. The number of nitrogens with zero attached hydrogens (tertiary/aromatic N) is 1. The Bertz CT molecular complexity index is 1280. The minimum atomic E-state index is -3.58. The number of sulfonamides is 1. The fraction of sp³-hybridized carbons (Fsp3) is 0.318. The molecule has 4 rings (SSSR count). The molecule has 2 heterocycles. The molecule has 6 nitrogen and oxygen atoms in total. The van der Waals surface area contributed by atoms with E-state index in [1.807, 2.05) is 12.1 Å². The summed E-state index contributed by atoms with van der Waals surface area (Å²) in [6.45, 7) is 4.90. The van der Waals surface area contributed by atoms with Gasteiger partial charge in [0.2, 0.25) is 10.0 Å². The third-order valence-corrected chi connectivity index (χ3v) is 9.07. The second kappa shape index (κ2) is 9.15. The average Bonchev–Trinajstić information content (AvgIpc) is 2.75. The van der Waals surface area contributed by atoms with Crippen molar-refractivity contribution in [2.75, 3.05) is 26.2 Å². The molecule has 1 aliphatic heterocycles. The van der Waals surface area contributed by atoms with E-state index in [4.69, 9.17) is 4.42 Å². The number of aryl methyl sites for hydroxylation is 1. The van der Waals surface area contributed by atoms with Gasteiger partial charge >= 0.3 is 5.63 Å². The number of halogens is 2. The van der Waals surface area contributed by atoms with Gasteiger partial charge in [0.05, 0.1) is 31.1 Å². The number of benzene rings is 2. The maximum atomic E-state index is 13.1. The monoisotopic (exact) mass is 569 g/mol. The molecule has 0 spiro atoms. The second-order valence-corrected chi connectivity index (χ2v) is 11.4. The summed E-state index contributed by atoms with van der Waals surface area (Å²) >= 11 is 6.71. The zero-order valence-corrected chi connectivity index (χ0v) is 21.0. The van der Waals surface area contributed by atoms with Crippen LogP contribution in [-0.2, 0) is 23.0 Å². The molecule has 1 fully saturated rings. The summed E-state index contributed by atoms with van der Waals surface area (Å²) in [6.07, 6.45) is 0.875. The average molecular weight is 571 g/mol. The Balaban J connectivity index is 1.51. The molecule has 0 bridgehead atoms. The van der Waals surface area contributed by atoms with Crippen LogP contribution in [0.25, 0.3) is 11.0 Å². The maximum absolute atomic E-state index is 13.1. The maximum Gasteiger partial charge on any atom is 0.336 e. The molecule has 0 aliphatic carbocycles. The summed E-state index contributed by atoms with van der Waals surface area (Å²) < 4.78 is 34.5. The van der Waals surface area contributed by atoms with E-state index in [-0.39, 0.29) is 10.5 Å². The number of hydrogen-bond acceptors (Lipinski definition) is 4. The molecule has 0 atom stereocenters. The van der Waals surface area contributed by atoms with Crippen molar-refractivity contribution in [1.29, 1.82) is 0 Å². The van der Waals surface area contributed by atoms with Crippen molar-refractivity contribution in [3.63, 3.8) is 0 Å². The standard InChI is InChI=1S/C22H22Br2N2O4S/c1-2-15-3-5-18-16(12-22(27)30-20(18)11-15)14-25-7-9-26(10-8-25)31(28,29)21-13-17(23)4-6-19(21)24/h3-6,11-13H,2,7-10,14H2,1H3/p+1. The molecular weight excluding hydrogens is 548 g/mol. The van der Waals surface area contributed by atoms with E-state index in [0.29, 0.717) is 42.8 Å². The van der Waals surface area contributed by atoms with Gasteiger partial charge in [-0.3, -0.25) is 0 Å². The highest BCUT2D eigenvalue weighted by Crippen LogP contribution is 2.28. The van der Waals surface area contributed by atoms with Gasteiger partial charge in [-0.15, -0.1) is 0 Å². The molecule has 164 valence electrons. The number of fused-ring (bicyclic) bond motifs is 1. The Morgan fingerprint density at radius 1 is 1.06 bits per heavy atom. The normalized spacial score (nSPS) is 16.1. The molecular formula is C22H23Br2N2O4S+. The van der Waals surface area contributed by atoms with E-state index in [1.165, 1.54) is 9.21 Å². The lowest BCUT2D eigenvalue weighted by molar-refractivity contribution is -0.917. The molecule has 3 aromatic rings. The van der Waals surface area contributed by atoms with Crippen LogP contribution in [0.3, 0.4) is 0 Å². The van der Waals surface area contributed by atoms with E-state index in [9.17, 15) is 13.2 Å². The van der Waals surface area contributed by atoms with E-state index in [2.05, 4.69) is 44.8 Å². The molecule has 0 amide bonds. The van der Waals surface area contributed by atoms with Gasteiger partial charge in [-0.25, -0.2) is 13.2 Å². The Morgan fingerprint density at radius 3 is 2.52 bits per heavy atom. The lowest BCUT2D eigenvalue weighted by Crippen LogP contribution is -3.13. The van der Waals surface area contributed by atoms with Crippen molar-refractivity contribution in [2.45, 2.75) is 24.8 Å². The summed E-state index contributed by atoms with van der Waals surface area (Å²) in [4.78, 5) is 13.6. The van der Waals surface area contributed by atoms with Crippen molar-refractivity contribution >= 4 is 52.9 Å². The van der Waals surface area contributed by atoms with Crippen LogP contribution in [0.15, 0.2) is 65.5 Å². The highest BCUT2D eigenvalue weighted by Gasteiger charge is 2.32. The summed E-state index contributed by atoms with van der Waals surface area (Å²) in [6, 6.07) is 12.7. The number of piperazine rings is 1. The fourth-order valence-electron chi connectivity index (χ4n) is 3.94. The smallest absolute Gasteiger partial charge is 0.336 e. The first-order chi connectivity index (χ1) is 14.8. The van der Waals surface area contributed by atoms with Gasteiger partial charge in [-0.1, -0.05) is 35.0 Å². The Morgan fingerprint density at radius 2 is 1.81 bits per heavy atom. The predicted octanol–water partition coefficient (Wildman–Crippen LogP) is 2.97. The van der Waals surface area contributed by atoms with Gasteiger partial charge in [0.1, 0.15) is 12.1 Å². The van der Waals surface area contributed by atoms with Crippen LogP contribution in [0.5, 0.6) is 0 Å². The highest BCUT2D eigenvalue weighted by atomic mass is 79.9. The summed E-state index contributed by atoms with van der Waals surface area (Å²) in [5, 5.41) is 0.942. The lowest BCUT2D eigenvalue weighted by Gasteiger charge is -2.32. The number of quaternary nitrogens is 1. The molecule has 1 aliphatic rings. The van der Waals surface area contributed by atoms with Crippen LogP contribution in [0.1, 0.15) is 18.1 Å². The lowest BCUT2D eigenvalue weighted by atomic mass is 10.1. The molecule has 0 radical (unpaired) electrons. The molecule has 1 saturated heterocycles. The molecule has 31 heavy (non-hydrogen) atoms. The third-order valence-electron chi connectivity index (χ3n) is 5.68. The zero-order valence-electron chi connectivity index (χ0n) is 17.0. The SMILES string of the molecule is CCc1ccc2c(C[NH+]3CCN(S(=O)(=O)c4cc(Br)ccc4Br)CC3)cc(=O)oc2c1. The van der Waals surface area contributed by atoms with E-state index in [1.54, 1.807) is 24.3 Å². The van der Waals surface area contributed by atoms with Gasteiger partial charge in [-0.2, -0.15) is 4.31 Å². The minimum absolute atomic E-state index is 0.267. The van der Waals surface area contributed by atoms with Gasteiger partial charge in [-0.05, 0) is 52.2 Å². The quantitative estimate of drug-likeness (QED) is 0.479. The summed E-state index contributed by atoms with van der Waals surface area (Å²) in [5.41, 5.74) is 2.32. The number of rotatable bonds is 5. The number of hydrogen-bond donors (Lipinski definition) is 1. The van der Waals surface area contributed by atoms with Crippen LogP contribution in [0, 0.1) is 0 Å². The fourth-order valence-corrected chi connectivity index (χ4v) is 6.85. The van der Waals surface area contributed by atoms with Gasteiger partial charge in [0, 0.05) is 26.0 Å². The van der Waals surface area contributed by atoms with Crippen molar-refractivity contribution < 1.29 is 17.7 Å². The van der Waals surface area contributed by atoms with Crippen molar-refractivity contribution in [3.05, 3.63) is 73.0 Å². The molecule has 1 aromatic heterocycles. The van der Waals surface area contributed by atoms with Crippen LogP contribution in [-0.4, -0.2) is 38.9 Å². The first-order valence-corrected chi connectivity index (χ1v) is 13.1. The Hall–Kier alpha value is -1.52. The first kappa shape index (κ1) is 22.7. The second-order valence-electron chi connectivity index (χ2n) is 7.68. The highest BCUT2D eigenvalue weighted by molar-refractivity contribution is 9.11. The first-order valence-electron chi connectivity index (χ1n) is 10.1. The predicted molar refractivity (Wildman–Crippen MR) is 127 cm³/mol. The summed E-state index contributed by atoms with van der Waals surface area (Å²) in [7, 11) is -3.58. The van der Waals surface area contributed by atoms with E-state index < -0.39 is 10.0 Å². The number of nitrogens with one attached hydrogen (secondary N) is 1.